The molecule has 0 spiro atoms. The van der Waals surface area contributed by atoms with Crippen molar-refractivity contribution in [2.75, 3.05) is 13.4 Å². The van der Waals surface area contributed by atoms with E-state index in [-0.39, 0.29) is 5.97 Å². The number of esters is 1. The molecule has 1 rings (SSSR count). The Hall–Kier alpha value is -1.16. The van der Waals surface area contributed by atoms with Gasteiger partial charge in [-0.3, -0.25) is 0 Å². The number of benzene rings is 1. The number of hydrogen-bond donors (Lipinski definition) is 0. The minimum atomic E-state index is -0.580. The van der Waals surface area contributed by atoms with Crippen molar-refractivity contribution in [3.05, 3.63) is 24.3 Å². The van der Waals surface area contributed by atoms with Crippen molar-refractivity contribution in [1.29, 1.82) is 0 Å². The van der Waals surface area contributed by atoms with E-state index in [9.17, 15) is 4.79 Å². The normalized spacial score (nSPS) is 11.9. The van der Waals surface area contributed by atoms with Gasteiger partial charge in [-0.2, -0.15) is 0 Å². The molecule has 0 bridgehead atoms. The van der Waals surface area contributed by atoms with Crippen LogP contribution in [0.25, 0.3) is 0 Å². The van der Waals surface area contributed by atoms with Gasteiger partial charge < -0.3 is 9.47 Å². The maximum atomic E-state index is 11.2. The molecule has 0 N–H and O–H groups in total. The van der Waals surface area contributed by atoms with Crippen LogP contribution in [0.2, 0.25) is 0 Å². The summed E-state index contributed by atoms with van der Waals surface area (Å²) < 4.78 is 10.1. The largest absolute Gasteiger partial charge is 0.478 e. The molecule has 0 saturated carbocycles. The molecule has 0 aliphatic heterocycles. The molecular weight excluding hydrogens is 212 g/mol. The molecular formula is C11H14O3S. The summed E-state index contributed by atoms with van der Waals surface area (Å²) in [6.45, 7) is 1.67. The van der Waals surface area contributed by atoms with Gasteiger partial charge in [0.1, 0.15) is 5.75 Å². The first-order valence-corrected chi connectivity index (χ1v) is 5.79. The van der Waals surface area contributed by atoms with Crippen LogP contribution in [0.4, 0.5) is 0 Å². The summed E-state index contributed by atoms with van der Waals surface area (Å²) in [6, 6.07) is 7.59. The van der Waals surface area contributed by atoms with Crippen molar-refractivity contribution in [1.82, 2.24) is 0 Å². The third-order valence-corrected chi connectivity index (χ3v) is 2.68. The number of rotatable bonds is 4. The summed E-state index contributed by atoms with van der Waals surface area (Å²) in [6.07, 6.45) is 1.38. The topological polar surface area (TPSA) is 35.5 Å². The van der Waals surface area contributed by atoms with Crippen molar-refractivity contribution >= 4 is 17.7 Å². The number of carbonyl (C=O) groups is 1. The van der Waals surface area contributed by atoms with Gasteiger partial charge in [0.25, 0.3) is 0 Å². The smallest absolute Gasteiger partial charge is 0.346 e. The molecule has 0 saturated heterocycles. The van der Waals surface area contributed by atoms with E-state index in [1.807, 2.05) is 30.5 Å². The third-order valence-electron chi connectivity index (χ3n) is 1.91. The fourth-order valence-electron chi connectivity index (χ4n) is 1.12. The highest BCUT2D eigenvalue weighted by Crippen LogP contribution is 2.27. The highest BCUT2D eigenvalue weighted by atomic mass is 32.2. The second kappa shape index (κ2) is 5.66. The van der Waals surface area contributed by atoms with Crippen LogP contribution in [0.5, 0.6) is 5.75 Å². The lowest BCUT2D eigenvalue weighted by atomic mass is 10.3. The van der Waals surface area contributed by atoms with Crippen molar-refractivity contribution in [2.24, 2.45) is 0 Å². The molecule has 0 amide bonds. The Morgan fingerprint density at radius 3 is 2.67 bits per heavy atom. The van der Waals surface area contributed by atoms with Crippen LogP contribution in [0, 0.1) is 0 Å². The van der Waals surface area contributed by atoms with Crippen LogP contribution < -0.4 is 4.74 Å². The van der Waals surface area contributed by atoms with E-state index in [0.29, 0.717) is 5.75 Å². The van der Waals surface area contributed by atoms with Crippen molar-refractivity contribution < 1.29 is 14.3 Å². The highest BCUT2D eigenvalue weighted by molar-refractivity contribution is 7.98. The van der Waals surface area contributed by atoms with E-state index in [0.717, 1.165) is 4.90 Å². The van der Waals surface area contributed by atoms with Crippen LogP contribution in [0.1, 0.15) is 6.92 Å². The lowest BCUT2D eigenvalue weighted by molar-refractivity contribution is -0.148. The summed E-state index contributed by atoms with van der Waals surface area (Å²) >= 11 is 1.58. The first kappa shape index (κ1) is 11.9. The highest BCUT2D eigenvalue weighted by Gasteiger charge is 2.15. The number of methoxy groups -OCH3 is 1. The summed E-state index contributed by atoms with van der Waals surface area (Å²) in [5, 5.41) is 0. The van der Waals surface area contributed by atoms with Crippen molar-refractivity contribution in [3.8, 4) is 5.75 Å². The zero-order valence-electron chi connectivity index (χ0n) is 9.02. The van der Waals surface area contributed by atoms with E-state index in [1.165, 1.54) is 7.11 Å². The van der Waals surface area contributed by atoms with Crippen LogP contribution in [-0.2, 0) is 9.53 Å². The van der Waals surface area contributed by atoms with E-state index >= 15 is 0 Å². The van der Waals surface area contributed by atoms with Crippen LogP contribution in [-0.4, -0.2) is 25.4 Å². The van der Waals surface area contributed by atoms with Gasteiger partial charge in [-0.05, 0) is 25.3 Å². The lowest BCUT2D eigenvalue weighted by Gasteiger charge is -2.14. The fourth-order valence-corrected chi connectivity index (χ4v) is 1.65. The first-order valence-electron chi connectivity index (χ1n) is 4.56. The molecule has 15 heavy (non-hydrogen) atoms. The van der Waals surface area contributed by atoms with Gasteiger partial charge in [0.15, 0.2) is 6.10 Å². The Kier molecular flexibility index (Phi) is 4.49. The number of hydrogen-bond acceptors (Lipinski definition) is 4. The van der Waals surface area contributed by atoms with Crippen LogP contribution in [0.15, 0.2) is 29.2 Å². The van der Waals surface area contributed by atoms with E-state index < -0.39 is 6.10 Å². The molecule has 4 heteroatoms. The Labute approximate surface area is 93.8 Å². The lowest BCUT2D eigenvalue weighted by Crippen LogP contribution is -2.25. The quantitative estimate of drug-likeness (QED) is 0.583. The minimum Gasteiger partial charge on any atom is -0.478 e. The van der Waals surface area contributed by atoms with Gasteiger partial charge in [-0.15, -0.1) is 11.8 Å². The molecule has 0 unspecified atom stereocenters. The van der Waals surface area contributed by atoms with Gasteiger partial charge in [-0.25, -0.2) is 4.79 Å². The average molecular weight is 226 g/mol. The Morgan fingerprint density at radius 2 is 2.07 bits per heavy atom. The molecule has 0 aromatic heterocycles. The second-order valence-corrected chi connectivity index (χ2v) is 3.78. The average Bonchev–Trinajstić information content (AvgIpc) is 2.28. The minimum absolute atomic E-state index is 0.370. The van der Waals surface area contributed by atoms with Gasteiger partial charge in [0.05, 0.1) is 7.11 Å². The number of carbonyl (C=O) groups excluding carboxylic acids is 1. The fraction of sp³-hybridized carbons (Fsp3) is 0.364. The number of para-hydroxylation sites is 1. The third kappa shape index (κ3) is 3.16. The maximum Gasteiger partial charge on any atom is 0.346 e. The molecule has 1 atom stereocenters. The van der Waals surface area contributed by atoms with E-state index in [1.54, 1.807) is 18.7 Å². The molecule has 1 aromatic rings. The van der Waals surface area contributed by atoms with E-state index in [2.05, 4.69) is 4.74 Å². The number of thioether (sulfide) groups is 1. The number of ether oxygens (including phenoxy) is 2. The molecule has 0 aliphatic rings. The second-order valence-electron chi connectivity index (χ2n) is 2.93. The van der Waals surface area contributed by atoms with Crippen LogP contribution >= 0.6 is 11.8 Å². The van der Waals surface area contributed by atoms with E-state index in [4.69, 9.17) is 4.74 Å². The molecule has 3 nitrogen and oxygen atoms in total. The predicted molar refractivity (Wildman–Crippen MR) is 60.3 cm³/mol. The summed E-state index contributed by atoms with van der Waals surface area (Å²) in [5.41, 5.74) is 0. The zero-order valence-corrected chi connectivity index (χ0v) is 9.84. The van der Waals surface area contributed by atoms with Gasteiger partial charge >= 0.3 is 5.97 Å². The standard InChI is InChI=1S/C11H14O3S/c1-8(11(12)13-2)14-9-6-4-5-7-10(9)15-3/h4-8H,1-3H3/t8-/m0/s1. The zero-order chi connectivity index (χ0) is 11.3. The van der Waals surface area contributed by atoms with Gasteiger partial charge in [-0.1, -0.05) is 12.1 Å². The summed E-state index contributed by atoms with van der Waals surface area (Å²) in [7, 11) is 1.35. The molecule has 0 fully saturated rings. The Bertz CT molecular complexity index is 338. The molecule has 0 aliphatic carbocycles. The summed E-state index contributed by atoms with van der Waals surface area (Å²) in [5.74, 6) is 0.341. The SMILES string of the molecule is COC(=O)[C@H](C)Oc1ccccc1SC. The van der Waals surface area contributed by atoms with Crippen LogP contribution in [0.3, 0.4) is 0 Å². The predicted octanol–water partition coefficient (Wildman–Crippen LogP) is 2.35. The maximum absolute atomic E-state index is 11.2. The monoisotopic (exact) mass is 226 g/mol. The summed E-state index contributed by atoms with van der Waals surface area (Å²) in [4.78, 5) is 12.2. The molecule has 0 radical (unpaired) electrons. The van der Waals surface area contributed by atoms with Crippen molar-refractivity contribution in [3.63, 3.8) is 0 Å². The Balaban J connectivity index is 2.75. The van der Waals surface area contributed by atoms with Gasteiger partial charge in [0, 0.05) is 4.90 Å². The van der Waals surface area contributed by atoms with Crippen molar-refractivity contribution in [2.45, 2.75) is 17.9 Å². The first-order chi connectivity index (χ1) is 7.19. The van der Waals surface area contributed by atoms with Gasteiger partial charge in [0.2, 0.25) is 0 Å². The molecule has 0 heterocycles. The molecule has 82 valence electrons. The molecule has 1 aromatic carbocycles. The Morgan fingerprint density at radius 1 is 1.40 bits per heavy atom.